The molecule has 82 valence electrons. The van der Waals surface area contributed by atoms with Crippen LogP contribution in [0.25, 0.3) is 11.3 Å². The highest BCUT2D eigenvalue weighted by molar-refractivity contribution is 9.10. The Hall–Kier alpha value is -1.36. The second-order valence-electron chi connectivity index (χ2n) is 3.74. The molecular weight excluding hydrogens is 268 g/mol. The average Bonchev–Trinajstić information content (AvgIpc) is 2.69. The summed E-state index contributed by atoms with van der Waals surface area (Å²) in [7, 11) is 0. The molecule has 3 rings (SSSR count). The normalized spacial score (nSPS) is 14.3. The summed E-state index contributed by atoms with van der Waals surface area (Å²) >= 11 is 3.61. The molecule has 1 aliphatic rings. The topological polar surface area (TPSA) is 42.7 Å². The van der Waals surface area contributed by atoms with Crippen LogP contribution >= 0.6 is 15.9 Å². The van der Waals surface area contributed by atoms with E-state index >= 15 is 0 Å². The van der Waals surface area contributed by atoms with Crippen molar-refractivity contribution in [2.24, 2.45) is 0 Å². The molecule has 5 heteroatoms. The molecule has 0 atom stereocenters. The lowest BCUT2D eigenvalue weighted by molar-refractivity contribution is 0.618. The molecule has 3 heterocycles. The number of hydrogen-bond acceptors (Lipinski definition) is 3. The standard InChI is InChI=1S/C11H11BrN4/c12-10-9(8-2-5-13-6-3-8)15-11-14-4-1-7-16(10)11/h2-3,5-6H,1,4,7H2,(H,14,15). The summed E-state index contributed by atoms with van der Waals surface area (Å²) in [6, 6.07) is 3.94. The number of aromatic nitrogens is 3. The number of fused-ring (bicyclic) bond motifs is 1. The van der Waals surface area contributed by atoms with Gasteiger partial charge >= 0.3 is 0 Å². The lowest BCUT2D eigenvalue weighted by Crippen LogP contribution is -2.17. The summed E-state index contributed by atoms with van der Waals surface area (Å²) in [5.41, 5.74) is 2.07. The maximum atomic E-state index is 4.60. The molecule has 2 aromatic heterocycles. The van der Waals surface area contributed by atoms with Crippen LogP contribution in [-0.4, -0.2) is 21.1 Å². The monoisotopic (exact) mass is 278 g/mol. The van der Waals surface area contributed by atoms with E-state index in [9.17, 15) is 0 Å². The molecule has 0 aliphatic carbocycles. The van der Waals surface area contributed by atoms with E-state index in [1.165, 1.54) is 0 Å². The number of anilines is 1. The third-order valence-corrected chi connectivity index (χ3v) is 3.50. The fourth-order valence-corrected chi connectivity index (χ4v) is 2.57. The number of nitrogens with one attached hydrogen (secondary N) is 1. The van der Waals surface area contributed by atoms with Crippen LogP contribution in [0, 0.1) is 0 Å². The Labute approximate surface area is 102 Å². The number of pyridine rings is 1. The number of imidazole rings is 1. The van der Waals surface area contributed by atoms with Crippen molar-refractivity contribution < 1.29 is 0 Å². The first kappa shape index (κ1) is 9.84. The Balaban J connectivity index is 2.12. The summed E-state index contributed by atoms with van der Waals surface area (Å²) < 4.78 is 3.21. The minimum Gasteiger partial charge on any atom is -0.356 e. The van der Waals surface area contributed by atoms with Gasteiger partial charge in [-0.15, -0.1) is 0 Å². The van der Waals surface area contributed by atoms with Gasteiger partial charge in [0.2, 0.25) is 5.95 Å². The van der Waals surface area contributed by atoms with Crippen molar-refractivity contribution in [1.29, 1.82) is 0 Å². The first-order chi connectivity index (χ1) is 7.86. The van der Waals surface area contributed by atoms with Crippen LogP contribution in [0.2, 0.25) is 0 Å². The van der Waals surface area contributed by atoms with Crippen molar-refractivity contribution in [3.8, 4) is 11.3 Å². The van der Waals surface area contributed by atoms with E-state index in [-0.39, 0.29) is 0 Å². The summed E-state index contributed by atoms with van der Waals surface area (Å²) in [4.78, 5) is 8.61. The summed E-state index contributed by atoms with van der Waals surface area (Å²) in [5.74, 6) is 0.949. The smallest absolute Gasteiger partial charge is 0.204 e. The summed E-state index contributed by atoms with van der Waals surface area (Å²) in [6.07, 6.45) is 4.71. The van der Waals surface area contributed by atoms with E-state index < -0.39 is 0 Å². The third-order valence-electron chi connectivity index (χ3n) is 2.70. The predicted octanol–water partition coefficient (Wildman–Crippen LogP) is 2.52. The van der Waals surface area contributed by atoms with Crippen LogP contribution < -0.4 is 5.32 Å². The number of rotatable bonds is 1. The minimum atomic E-state index is 0.949. The van der Waals surface area contributed by atoms with Crippen molar-refractivity contribution >= 4 is 21.9 Å². The maximum Gasteiger partial charge on any atom is 0.204 e. The molecule has 0 aromatic carbocycles. The zero-order valence-electron chi connectivity index (χ0n) is 8.65. The van der Waals surface area contributed by atoms with Crippen LogP contribution in [0.3, 0.4) is 0 Å². The van der Waals surface area contributed by atoms with Gasteiger partial charge in [0.25, 0.3) is 0 Å². The molecular formula is C11H11BrN4. The van der Waals surface area contributed by atoms with Crippen LogP contribution in [0.15, 0.2) is 29.1 Å². The lowest BCUT2D eigenvalue weighted by atomic mass is 10.2. The van der Waals surface area contributed by atoms with Crippen molar-refractivity contribution in [3.63, 3.8) is 0 Å². The fraction of sp³-hybridized carbons (Fsp3) is 0.273. The molecule has 4 nitrogen and oxygen atoms in total. The highest BCUT2D eigenvalue weighted by Gasteiger charge is 2.18. The van der Waals surface area contributed by atoms with E-state index in [4.69, 9.17) is 0 Å². The van der Waals surface area contributed by atoms with E-state index in [0.717, 1.165) is 41.3 Å². The van der Waals surface area contributed by atoms with Gasteiger partial charge in [-0.2, -0.15) is 0 Å². The Bertz CT molecular complexity index is 506. The zero-order chi connectivity index (χ0) is 11.0. The van der Waals surface area contributed by atoms with Crippen molar-refractivity contribution in [2.75, 3.05) is 11.9 Å². The molecule has 1 aliphatic heterocycles. The summed E-state index contributed by atoms with van der Waals surface area (Å²) in [5, 5.41) is 3.30. The minimum absolute atomic E-state index is 0.949. The predicted molar refractivity (Wildman–Crippen MR) is 66.3 cm³/mol. The van der Waals surface area contributed by atoms with Gasteiger partial charge in [0.05, 0.1) is 0 Å². The van der Waals surface area contributed by atoms with Gasteiger partial charge < -0.3 is 9.88 Å². The van der Waals surface area contributed by atoms with Gasteiger partial charge in [-0.25, -0.2) is 4.98 Å². The Kier molecular flexibility index (Phi) is 2.40. The largest absolute Gasteiger partial charge is 0.356 e. The first-order valence-electron chi connectivity index (χ1n) is 5.26. The van der Waals surface area contributed by atoms with Crippen LogP contribution in [-0.2, 0) is 6.54 Å². The lowest BCUT2D eigenvalue weighted by Gasteiger charge is -2.15. The van der Waals surface area contributed by atoms with Crippen molar-refractivity contribution in [1.82, 2.24) is 14.5 Å². The van der Waals surface area contributed by atoms with E-state index in [1.54, 1.807) is 12.4 Å². The van der Waals surface area contributed by atoms with Gasteiger partial charge in [0.1, 0.15) is 10.3 Å². The van der Waals surface area contributed by atoms with Gasteiger partial charge in [0.15, 0.2) is 0 Å². The molecule has 0 bridgehead atoms. The Morgan fingerprint density at radius 2 is 2.12 bits per heavy atom. The van der Waals surface area contributed by atoms with E-state index in [1.807, 2.05) is 12.1 Å². The molecule has 0 radical (unpaired) electrons. The van der Waals surface area contributed by atoms with Gasteiger partial charge in [-0.3, -0.25) is 4.98 Å². The van der Waals surface area contributed by atoms with Crippen molar-refractivity contribution in [2.45, 2.75) is 13.0 Å². The molecule has 2 aromatic rings. The molecule has 0 amide bonds. The van der Waals surface area contributed by atoms with Crippen LogP contribution in [0.5, 0.6) is 0 Å². The Morgan fingerprint density at radius 1 is 1.31 bits per heavy atom. The molecule has 0 fully saturated rings. The molecule has 0 spiro atoms. The molecule has 0 saturated heterocycles. The van der Waals surface area contributed by atoms with Crippen molar-refractivity contribution in [3.05, 3.63) is 29.1 Å². The second-order valence-corrected chi connectivity index (χ2v) is 4.49. The van der Waals surface area contributed by atoms with Gasteiger partial charge in [-0.05, 0) is 34.5 Å². The Morgan fingerprint density at radius 3 is 2.88 bits per heavy atom. The third kappa shape index (κ3) is 1.51. The second kappa shape index (κ2) is 3.90. The maximum absolute atomic E-state index is 4.60. The van der Waals surface area contributed by atoms with E-state index in [2.05, 4.69) is 35.8 Å². The zero-order valence-corrected chi connectivity index (χ0v) is 10.2. The fourth-order valence-electron chi connectivity index (χ4n) is 1.90. The van der Waals surface area contributed by atoms with Crippen LogP contribution in [0.4, 0.5) is 5.95 Å². The number of hydrogen-bond donors (Lipinski definition) is 1. The van der Waals surface area contributed by atoms with Crippen LogP contribution in [0.1, 0.15) is 6.42 Å². The molecule has 0 unspecified atom stereocenters. The molecule has 1 N–H and O–H groups in total. The number of halogens is 1. The molecule has 16 heavy (non-hydrogen) atoms. The SMILES string of the molecule is Brc1c(-c2ccncc2)nc2n1CCCN2. The van der Waals surface area contributed by atoms with Gasteiger partial charge in [-0.1, -0.05) is 0 Å². The van der Waals surface area contributed by atoms with E-state index in [0.29, 0.717) is 0 Å². The highest BCUT2D eigenvalue weighted by Crippen LogP contribution is 2.31. The first-order valence-corrected chi connectivity index (χ1v) is 6.06. The number of nitrogens with zero attached hydrogens (tertiary/aromatic N) is 3. The quantitative estimate of drug-likeness (QED) is 0.872. The highest BCUT2D eigenvalue weighted by atomic mass is 79.9. The average molecular weight is 279 g/mol. The van der Waals surface area contributed by atoms with Gasteiger partial charge in [0, 0.05) is 31.0 Å². The molecule has 0 saturated carbocycles. The summed E-state index contributed by atoms with van der Waals surface area (Å²) in [6.45, 7) is 2.01.